The molecule has 2 heterocycles. The third kappa shape index (κ3) is 3.98. The zero-order valence-corrected chi connectivity index (χ0v) is 17.4. The molecule has 0 bridgehead atoms. The van der Waals surface area contributed by atoms with Crippen LogP contribution in [0.15, 0.2) is 36.8 Å². The molecule has 1 aliphatic carbocycles. The number of nitrogens with zero attached hydrogens (tertiary/aromatic N) is 3. The Morgan fingerprint density at radius 1 is 1.30 bits per heavy atom. The molecular weight excluding hydrogens is 381 g/mol. The van der Waals surface area contributed by atoms with E-state index in [-0.39, 0.29) is 17.5 Å². The summed E-state index contributed by atoms with van der Waals surface area (Å²) < 4.78 is 14.9. The molecule has 156 valence electrons. The van der Waals surface area contributed by atoms with Gasteiger partial charge in [0.05, 0.1) is 5.69 Å². The van der Waals surface area contributed by atoms with Gasteiger partial charge in [0, 0.05) is 41.0 Å². The van der Waals surface area contributed by atoms with Crippen molar-refractivity contribution in [3.63, 3.8) is 0 Å². The monoisotopic (exact) mass is 407 g/mol. The molecule has 0 radical (unpaired) electrons. The van der Waals surface area contributed by atoms with Crippen LogP contribution in [-0.4, -0.2) is 41.4 Å². The molecule has 0 aliphatic heterocycles. The summed E-state index contributed by atoms with van der Waals surface area (Å²) in [6, 6.07) is 5.31. The molecule has 1 fully saturated rings. The number of pyridine rings is 2. The largest absolute Gasteiger partial charge is 0.396 e. The number of carbonyl (C=O) groups excluding carboxylic acids is 1. The summed E-state index contributed by atoms with van der Waals surface area (Å²) >= 11 is 0. The summed E-state index contributed by atoms with van der Waals surface area (Å²) in [5.74, 6) is 0.417. The van der Waals surface area contributed by atoms with Crippen molar-refractivity contribution in [3.8, 4) is 11.1 Å². The Morgan fingerprint density at radius 2 is 2.10 bits per heavy atom. The Bertz CT molecular complexity index is 1110. The van der Waals surface area contributed by atoms with Crippen molar-refractivity contribution in [3.05, 3.63) is 48.2 Å². The molecule has 0 saturated heterocycles. The number of hydrogen-bond donors (Lipinski definition) is 2. The molecule has 1 aromatic carbocycles. The minimum atomic E-state index is -0.487. The molecule has 30 heavy (non-hydrogen) atoms. The third-order valence-electron chi connectivity index (χ3n) is 5.79. The van der Waals surface area contributed by atoms with Crippen LogP contribution in [0.5, 0.6) is 0 Å². The van der Waals surface area contributed by atoms with E-state index >= 15 is 0 Å². The molecule has 1 aliphatic rings. The number of benzene rings is 1. The lowest BCUT2D eigenvalue weighted by molar-refractivity contribution is -0.117. The summed E-state index contributed by atoms with van der Waals surface area (Å²) in [6.45, 7) is 2.88. The van der Waals surface area contributed by atoms with E-state index in [0.29, 0.717) is 28.2 Å². The van der Waals surface area contributed by atoms with Crippen LogP contribution >= 0.6 is 0 Å². The van der Waals surface area contributed by atoms with E-state index in [1.165, 1.54) is 6.20 Å². The summed E-state index contributed by atoms with van der Waals surface area (Å²) in [5.41, 5.74) is 8.09. The number of amides is 1. The van der Waals surface area contributed by atoms with Gasteiger partial charge in [-0.1, -0.05) is 0 Å². The maximum atomic E-state index is 14.9. The summed E-state index contributed by atoms with van der Waals surface area (Å²) in [5, 5.41) is 4.15. The Hall–Kier alpha value is -3.06. The highest BCUT2D eigenvalue weighted by atomic mass is 19.1. The molecule has 1 saturated carbocycles. The van der Waals surface area contributed by atoms with E-state index in [1.54, 1.807) is 24.5 Å². The zero-order valence-electron chi connectivity index (χ0n) is 17.4. The average molecular weight is 407 g/mol. The SMILES string of the molecule is Cc1ccncc1-c1cc2cc(NC(=O)[C@@H]3C[C@@H]3CCN(C)C)ncc2c(N)c1F. The third-order valence-corrected chi connectivity index (χ3v) is 5.79. The maximum Gasteiger partial charge on any atom is 0.228 e. The Kier molecular flexibility index (Phi) is 5.39. The van der Waals surface area contributed by atoms with Gasteiger partial charge in [-0.2, -0.15) is 0 Å². The first-order valence-electron chi connectivity index (χ1n) is 10.1. The first-order chi connectivity index (χ1) is 14.3. The normalized spacial score (nSPS) is 18.0. The molecule has 1 amide bonds. The van der Waals surface area contributed by atoms with E-state index in [9.17, 15) is 9.18 Å². The van der Waals surface area contributed by atoms with Gasteiger partial charge in [0.15, 0.2) is 5.82 Å². The Labute approximate surface area is 175 Å². The highest BCUT2D eigenvalue weighted by Gasteiger charge is 2.42. The van der Waals surface area contributed by atoms with Crippen LogP contribution in [0, 0.1) is 24.6 Å². The number of rotatable bonds is 6. The number of anilines is 2. The fraction of sp³-hybridized carbons (Fsp3) is 0.348. The molecule has 3 N–H and O–H groups in total. The van der Waals surface area contributed by atoms with Gasteiger partial charge in [-0.15, -0.1) is 0 Å². The van der Waals surface area contributed by atoms with Gasteiger partial charge in [-0.05, 0) is 75.5 Å². The predicted molar refractivity (Wildman–Crippen MR) is 117 cm³/mol. The number of fused-ring (bicyclic) bond motifs is 1. The number of aromatic nitrogens is 2. The number of nitrogens with one attached hydrogen (secondary N) is 1. The first-order valence-corrected chi connectivity index (χ1v) is 10.1. The molecule has 4 rings (SSSR count). The minimum Gasteiger partial charge on any atom is -0.396 e. The molecule has 2 atom stereocenters. The van der Waals surface area contributed by atoms with Gasteiger partial charge in [0.1, 0.15) is 5.82 Å². The molecule has 2 aromatic heterocycles. The highest BCUT2D eigenvalue weighted by molar-refractivity contribution is 6.00. The fourth-order valence-corrected chi connectivity index (χ4v) is 3.84. The number of hydrogen-bond acceptors (Lipinski definition) is 5. The molecule has 0 spiro atoms. The molecule has 6 nitrogen and oxygen atoms in total. The van der Waals surface area contributed by atoms with Gasteiger partial charge < -0.3 is 16.0 Å². The lowest BCUT2D eigenvalue weighted by Crippen LogP contribution is -2.18. The standard InChI is InChI=1S/C23H26FN5O/c1-13-4-6-26-11-18(13)17-9-15-10-20(27-12-19(15)22(25)21(17)24)28-23(30)16-8-14(16)5-7-29(2)3/h4,6,9-12,14,16H,5,7-8,25H2,1-3H3,(H,27,28,30)/t14-,16+/m0/s1. The van der Waals surface area contributed by atoms with Crippen molar-refractivity contribution >= 4 is 28.2 Å². The van der Waals surface area contributed by atoms with Crippen LogP contribution in [0.4, 0.5) is 15.9 Å². The van der Waals surface area contributed by atoms with Crippen molar-refractivity contribution in [2.45, 2.75) is 19.8 Å². The second-order valence-electron chi connectivity index (χ2n) is 8.32. The van der Waals surface area contributed by atoms with Gasteiger partial charge in [-0.25, -0.2) is 9.37 Å². The van der Waals surface area contributed by atoms with Crippen molar-refractivity contribution < 1.29 is 9.18 Å². The van der Waals surface area contributed by atoms with Crippen LogP contribution in [0.25, 0.3) is 21.9 Å². The summed E-state index contributed by atoms with van der Waals surface area (Å²) in [6.07, 6.45) is 6.74. The number of carbonyl (C=O) groups is 1. The Morgan fingerprint density at radius 3 is 2.83 bits per heavy atom. The zero-order chi connectivity index (χ0) is 21.4. The Balaban J connectivity index is 1.59. The second kappa shape index (κ2) is 7.99. The lowest BCUT2D eigenvalue weighted by atomic mass is 9.98. The first kappa shape index (κ1) is 20.2. The van der Waals surface area contributed by atoms with E-state index in [2.05, 4.69) is 20.2 Å². The van der Waals surface area contributed by atoms with Crippen molar-refractivity contribution in [2.24, 2.45) is 11.8 Å². The number of aryl methyl sites for hydroxylation is 1. The van der Waals surface area contributed by atoms with Crippen molar-refractivity contribution in [2.75, 3.05) is 31.7 Å². The highest BCUT2D eigenvalue weighted by Crippen LogP contribution is 2.42. The smallest absolute Gasteiger partial charge is 0.228 e. The number of nitrogen functional groups attached to an aromatic ring is 1. The molecule has 7 heteroatoms. The van der Waals surface area contributed by atoms with Crippen LogP contribution in [0.3, 0.4) is 0 Å². The topological polar surface area (TPSA) is 84.1 Å². The van der Waals surface area contributed by atoms with Gasteiger partial charge in [0.25, 0.3) is 0 Å². The van der Waals surface area contributed by atoms with Crippen molar-refractivity contribution in [1.29, 1.82) is 0 Å². The van der Waals surface area contributed by atoms with Crippen LogP contribution in [0.1, 0.15) is 18.4 Å². The maximum absolute atomic E-state index is 14.9. The fourth-order valence-electron chi connectivity index (χ4n) is 3.84. The van der Waals surface area contributed by atoms with Crippen molar-refractivity contribution in [1.82, 2.24) is 14.9 Å². The summed E-state index contributed by atoms with van der Waals surface area (Å²) in [7, 11) is 4.07. The minimum absolute atomic E-state index is 0.0102. The van der Waals surface area contributed by atoms with E-state index in [4.69, 9.17) is 5.73 Å². The van der Waals surface area contributed by atoms with Crippen LogP contribution in [0.2, 0.25) is 0 Å². The summed E-state index contributed by atoms with van der Waals surface area (Å²) in [4.78, 5) is 23.1. The molecule has 3 aromatic rings. The quantitative estimate of drug-likeness (QED) is 0.607. The second-order valence-corrected chi connectivity index (χ2v) is 8.32. The van der Waals surface area contributed by atoms with E-state index < -0.39 is 5.82 Å². The molecular formula is C23H26FN5O. The van der Waals surface area contributed by atoms with Crippen LogP contribution < -0.4 is 11.1 Å². The number of nitrogens with two attached hydrogens (primary N) is 1. The number of halogens is 1. The van der Waals surface area contributed by atoms with Gasteiger partial charge in [-0.3, -0.25) is 9.78 Å². The van der Waals surface area contributed by atoms with Gasteiger partial charge in [0.2, 0.25) is 5.91 Å². The van der Waals surface area contributed by atoms with Gasteiger partial charge >= 0.3 is 0 Å². The van der Waals surface area contributed by atoms with E-state index in [0.717, 1.165) is 30.3 Å². The predicted octanol–water partition coefficient (Wildman–Crippen LogP) is 3.85. The molecule has 0 unspecified atom stereocenters. The van der Waals surface area contributed by atoms with Crippen LogP contribution in [-0.2, 0) is 4.79 Å². The van der Waals surface area contributed by atoms with E-state index in [1.807, 2.05) is 27.1 Å². The average Bonchev–Trinajstić information content (AvgIpc) is 3.49. The lowest BCUT2D eigenvalue weighted by Gasteiger charge is -2.12.